The maximum atomic E-state index is 13.5. The SMILES string of the molecule is O=C(Nc1ccc(F)cc1F)C1CNc2ccccc2N1. The van der Waals surface area contributed by atoms with E-state index in [1.807, 2.05) is 24.3 Å². The topological polar surface area (TPSA) is 53.2 Å². The first-order valence-corrected chi connectivity index (χ1v) is 6.49. The van der Waals surface area contributed by atoms with Crippen molar-refractivity contribution in [3.63, 3.8) is 0 Å². The number of nitrogens with one attached hydrogen (secondary N) is 3. The van der Waals surface area contributed by atoms with Crippen LogP contribution < -0.4 is 16.0 Å². The van der Waals surface area contributed by atoms with E-state index in [1.54, 1.807) is 0 Å². The molecule has 108 valence electrons. The van der Waals surface area contributed by atoms with Crippen LogP contribution in [0.5, 0.6) is 0 Å². The summed E-state index contributed by atoms with van der Waals surface area (Å²) in [6.07, 6.45) is 0. The molecule has 0 bridgehead atoms. The number of hydrogen-bond donors (Lipinski definition) is 3. The van der Waals surface area contributed by atoms with Crippen LogP contribution in [-0.2, 0) is 4.79 Å². The minimum absolute atomic E-state index is 0.0398. The fourth-order valence-corrected chi connectivity index (χ4v) is 2.18. The van der Waals surface area contributed by atoms with Gasteiger partial charge in [0.2, 0.25) is 5.91 Å². The summed E-state index contributed by atoms with van der Waals surface area (Å²) in [5.74, 6) is -1.87. The van der Waals surface area contributed by atoms with Gasteiger partial charge in [-0.15, -0.1) is 0 Å². The fourth-order valence-electron chi connectivity index (χ4n) is 2.18. The van der Waals surface area contributed by atoms with Crippen molar-refractivity contribution in [3.8, 4) is 0 Å². The molecule has 1 aliphatic rings. The molecule has 0 saturated heterocycles. The van der Waals surface area contributed by atoms with Gasteiger partial charge in [-0.3, -0.25) is 4.79 Å². The molecule has 0 saturated carbocycles. The van der Waals surface area contributed by atoms with Gasteiger partial charge in [-0.25, -0.2) is 8.78 Å². The molecule has 0 aliphatic carbocycles. The molecule has 4 nitrogen and oxygen atoms in total. The van der Waals surface area contributed by atoms with E-state index in [9.17, 15) is 13.6 Å². The number of benzene rings is 2. The molecule has 1 aliphatic heterocycles. The van der Waals surface area contributed by atoms with Crippen LogP contribution in [0.4, 0.5) is 25.8 Å². The molecule has 6 heteroatoms. The van der Waals surface area contributed by atoms with Crippen molar-refractivity contribution in [2.45, 2.75) is 6.04 Å². The molecule has 3 N–H and O–H groups in total. The average molecular weight is 289 g/mol. The molecular formula is C15H13F2N3O. The number of carbonyl (C=O) groups excluding carboxylic acids is 1. The van der Waals surface area contributed by atoms with Crippen molar-refractivity contribution in [2.75, 3.05) is 22.5 Å². The smallest absolute Gasteiger partial charge is 0.248 e. The van der Waals surface area contributed by atoms with Crippen LogP contribution in [0.2, 0.25) is 0 Å². The van der Waals surface area contributed by atoms with Crippen LogP contribution in [-0.4, -0.2) is 18.5 Å². The standard InChI is InChI=1S/C15H13F2N3O/c16-9-5-6-11(10(17)7-9)20-15(21)14-8-18-12-3-1-2-4-13(12)19-14/h1-7,14,18-19H,8H2,(H,20,21). The van der Waals surface area contributed by atoms with Gasteiger partial charge in [0.15, 0.2) is 0 Å². The van der Waals surface area contributed by atoms with Gasteiger partial charge in [-0.2, -0.15) is 0 Å². The van der Waals surface area contributed by atoms with E-state index in [2.05, 4.69) is 16.0 Å². The van der Waals surface area contributed by atoms with Crippen molar-refractivity contribution in [1.82, 2.24) is 0 Å². The number of rotatable bonds is 2. The van der Waals surface area contributed by atoms with Crippen molar-refractivity contribution in [2.24, 2.45) is 0 Å². The highest BCUT2D eigenvalue weighted by Gasteiger charge is 2.24. The lowest BCUT2D eigenvalue weighted by atomic mass is 10.1. The summed E-state index contributed by atoms with van der Waals surface area (Å²) in [6, 6.07) is 9.99. The number of amides is 1. The summed E-state index contributed by atoms with van der Waals surface area (Å²) >= 11 is 0. The Balaban J connectivity index is 1.72. The minimum Gasteiger partial charge on any atom is -0.381 e. The molecule has 0 spiro atoms. The Morgan fingerprint density at radius 2 is 1.90 bits per heavy atom. The van der Waals surface area contributed by atoms with E-state index < -0.39 is 17.7 Å². The molecule has 1 amide bonds. The minimum atomic E-state index is -0.799. The van der Waals surface area contributed by atoms with Gasteiger partial charge in [-0.1, -0.05) is 12.1 Å². The van der Waals surface area contributed by atoms with Crippen LogP contribution in [0.3, 0.4) is 0 Å². The van der Waals surface area contributed by atoms with Gasteiger partial charge in [0.1, 0.15) is 17.7 Å². The second-order valence-electron chi connectivity index (χ2n) is 4.74. The number of anilines is 3. The number of hydrogen-bond acceptors (Lipinski definition) is 3. The number of fused-ring (bicyclic) bond motifs is 1. The monoisotopic (exact) mass is 289 g/mol. The van der Waals surface area contributed by atoms with Crippen LogP contribution >= 0.6 is 0 Å². The highest BCUT2D eigenvalue weighted by Crippen LogP contribution is 2.25. The quantitative estimate of drug-likeness (QED) is 0.797. The van der Waals surface area contributed by atoms with Gasteiger partial charge >= 0.3 is 0 Å². The molecule has 1 atom stereocenters. The molecular weight excluding hydrogens is 276 g/mol. The van der Waals surface area contributed by atoms with Crippen molar-refractivity contribution < 1.29 is 13.6 Å². The largest absolute Gasteiger partial charge is 0.381 e. The van der Waals surface area contributed by atoms with E-state index >= 15 is 0 Å². The van der Waals surface area contributed by atoms with Crippen LogP contribution in [0.1, 0.15) is 0 Å². The zero-order chi connectivity index (χ0) is 14.8. The van der Waals surface area contributed by atoms with Crippen molar-refractivity contribution in [3.05, 3.63) is 54.1 Å². The second kappa shape index (κ2) is 5.40. The molecule has 2 aromatic carbocycles. The van der Waals surface area contributed by atoms with Crippen LogP contribution in [0.15, 0.2) is 42.5 Å². The Labute approximate surface area is 120 Å². The van der Waals surface area contributed by atoms with Gasteiger partial charge in [-0.05, 0) is 24.3 Å². The van der Waals surface area contributed by atoms with Gasteiger partial charge in [0.05, 0.1) is 17.1 Å². The first-order chi connectivity index (χ1) is 10.1. The normalized spacial score (nSPS) is 16.4. The van der Waals surface area contributed by atoms with Crippen molar-refractivity contribution >= 4 is 23.0 Å². The van der Waals surface area contributed by atoms with Gasteiger partial charge in [0.25, 0.3) is 0 Å². The van der Waals surface area contributed by atoms with E-state index in [0.717, 1.165) is 23.5 Å². The van der Waals surface area contributed by atoms with Gasteiger partial charge in [0, 0.05) is 12.6 Å². The summed E-state index contributed by atoms with van der Waals surface area (Å²) in [5.41, 5.74) is 1.68. The van der Waals surface area contributed by atoms with Crippen molar-refractivity contribution in [1.29, 1.82) is 0 Å². The first-order valence-electron chi connectivity index (χ1n) is 6.49. The lowest BCUT2D eigenvalue weighted by Crippen LogP contribution is -2.43. The third-order valence-corrected chi connectivity index (χ3v) is 3.26. The predicted octanol–water partition coefficient (Wildman–Crippen LogP) is 2.81. The molecule has 1 heterocycles. The first kappa shape index (κ1) is 13.4. The number of halogens is 2. The molecule has 0 radical (unpaired) electrons. The maximum Gasteiger partial charge on any atom is 0.248 e. The summed E-state index contributed by atoms with van der Waals surface area (Å²) in [7, 11) is 0. The predicted molar refractivity (Wildman–Crippen MR) is 77.3 cm³/mol. The molecule has 0 fully saturated rings. The second-order valence-corrected chi connectivity index (χ2v) is 4.74. The molecule has 21 heavy (non-hydrogen) atoms. The third-order valence-electron chi connectivity index (χ3n) is 3.26. The Bertz CT molecular complexity index is 690. The lowest BCUT2D eigenvalue weighted by Gasteiger charge is -2.27. The molecule has 0 aromatic heterocycles. The number of carbonyl (C=O) groups is 1. The highest BCUT2D eigenvalue weighted by molar-refractivity contribution is 5.98. The van der Waals surface area contributed by atoms with E-state index in [1.165, 1.54) is 6.07 Å². The Morgan fingerprint density at radius 3 is 2.67 bits per heavy atom. The molecule has 2 aromatic rings. The van der Waals surface area contributed by atoms with Gasteiger partial charge < -0.3 is 16.0 Å². The van der Waals surface area contributed by atoms with Crippen LogP contribution in [0, 0.1) is 11.6 Å². The molecule has 3 rings (SSSR count). The summed E-state index contributed by atoms with van der Waals surface area (Å²) in [5, 5.41) is 8.66. The summed E-state index contributed by atoms with van der Waals surface area (Å²) < 4.78 is 26.4. The zero-order valence-corrected chi connectivity index (χ0v) is 11.0. The summed E-state index contributed by atoms with van der Waals surface area (Å²) in [4.78, 5) is 12.1. The van der Waals surface area contributed by atoms with E-state index in [-0.39, 0.29) is 11.6 Å². The highest BCUT2D eigenvalue weighted by atomic mass is 19.1. The lowest BCUT2D eigenvalue weighted by molar-refractivity contribution is -0.116. The summed E-state index contributed by atoms with van der Waals surface area (Å²) in [6.45, 7) is 0.381. The number of para-hydroxylation sites is 2. The van der Waals surface area contributed by atoms with Crippen LogP contribution in [0.25, 0.3) is 0 Å². The maximum absolute atomic E-state index is 13.5. The Morgan fingerprint density at radius 1 is 1.14 bits per heavy atom. The zero-order valence-electron chi connectivity index (χ0n) is 11.0. The third kappa shape index (κ3) is 2.79. The van der Waals surface area contributed by atoms with E-state index in [4.69, 9.17) is 0 Å². The fraction of sp³-hybridized carbons (Fsp3) is 0.133. The Hall–Kier alpha value is -2.63. The molecule has 1 unspecified atom stereocenters. The van der Waals surface area contributed by atoms with E-state index in [0.29, 0.717) is 6.54 Å². The Kier molecular flexibility index (Phi) is 3.43. The average Bonchev–Trinajstić information content (AvgIpc) is 2.49.